The highest BCUT2D eigenvalue weighted by Gasteiger charge is 2.37. The molecule has 1 aromatic carbocycles. The first kappa shape index (κ1) is 22.9. The maximum Gasteiger partial charge on any atom is 0.434 e. The van der Waals surface area contributed by atoms with Crippen LogP contribution in [0.5, 0.6) is 0 Å². The summed E-state index contributed by atoms with van der Waals surface area (Å²) in [5.41, 5.74) is 4.34. The largest absolute Gasteiger partial charge is 0.434 e. The molecule has 1 saturated heterocycles. The fourth-order valence-corrected chi connectivity index (χ4v) is 3.99. The zero-order chi connectivity index (χ0) is 23.8. The summed E-state index contributed by atoms with van der Waals surface area (Å²) in [6.45, 7) is 1.81. The molecule has 174 valence electrons. The van der Waals surface area contributed by atoms with Crippen LogP contribution in [0.25, 0.3) is 22.6 Å². The van der Waals surface area contributed by atoms with E-state index in [1.54, 1.807) is 12.1 Å². The average Bonchev–Trinajstić information content (AvgIpc) is 2.78. The number of nitrogens with two attached hydrogens (primary N) is 1. The molecular formula is C20H19F3N6O3S. The first-order valence-electron chi connectivity index (χ1n) is 9.75. The Morgan fingerprint density at radius 3 is 2.48 bits per heavy atom. The summed E-state index contributed by atoms with van der Waals surface area (Å²) in [5, 5.41) is 0. The number of benzene rings is 1. The fourth-order valence-electron chi connectivity index (χ4n) is 3.32. The minimum Gasteiger partial charge on any atom is -0.378 e. The van der Waals surface area contributed by atoms with E-state index in [0.717, 1.165) is 12.5 Å². The van der Waals surface area contributed by atoms with Crippen molar-refractivity contribution >= 4 is 21.6 Å². The third-order valence-electron chi connectivity index (χ3n) is 4.92. The van der Waals surface area contributed by atoms with Crippen molar-refractivity contribution < 1.29 is 26.3 Å². The number of hydrogen-bond donors (Lipinski definition) is 1. The smallest absolute Gasteiger partial charge is 0.378 e. The average molecular weight is 480 g/mol. The zero-order valence-electron chi connectivity index (χ0n) is 17.4. The molecule has 0 atom stereocenters. The van der Waals surface area contributed by atoms with Gasteiger partial charge in [0, 0.05) is 37.2 Å². The lowest BCUT2D eigenvalue weighted by atomic mass is 10.1. The van der Waals surface area contributed by atoms with Crippen molar-refractivity contribution in [1.82, 2.24) is 19.9 Å². The van der Waals surface area contributed by atoms with Crippen LogP contribution in [-0.2, 0) is 20.8 Å². The summed E-state index contributed by atoms with van der Waals surface area (Å²) >= 11 is 0. The van der Waals surface area contributed by atoms with Crippen LogP contribution in [0.2, 0.25) is 0 Å². The lowest BCUT2D eigenvalue weighted by molar-refractivity contribution is -0.140. The Kier molecular flexibility index (Phi) is 5.93. The monoisotopic (exact) mass is 480 g/mol. The molecule has 0 radical (unpaired) electrons. The number of rotatable bonds is 4. The van der Waals surface area contributed by atoms with E-state index in [4.69, 9.17) is 10.5 Å². The van der Waals surface area contributed by atoms with Crippen molar-refractivity contribution in [3.63, 3.8) is 0 Å². The van der Waals surface area contributed by atoms with E-state index in [2.05, 4.69) is 19.9 Å². The number of nitrogen functional groups attached to an aromatic ring is 1. The molecule has 13 heteroatoms. The van der Waals surface area contributed by atoms with Crippen molar-refractivity contribution in [2.75, 3.05) is 43.2 Å². The van der Waals surface area contributed by atoms with Gasteiger partial charge in [-0.3, -0.25) is 0 Å². The Morgan fingerprint density at radius 2 is 1.82 bits per heavy atom. The van der Waals surface area contributed by atoms with E-state index in [1.807, 2.05) is 4.90 Å². The Labute approximate surface area is 187 Å². The molecule has 0 amide bonds. The van der Waals surface area contributed by atoms with Crippen molar-refractivity contribution in [2.45, 2.75) is 11.1 Å². The molecule has 1 aliphatic rings. The van der Waals surface area contributed by atoms with Crippen molar-refractivity contribution in [3.05, 3.63) is 42.2 Å². The molecule has 3 heterocycles. The van der Waals surface area contributed by atoms with Crippen LogP contribution in [0.3, 0.4) is 0 Å². The van der Waals surface area contributed by atoms with Gasteiger partial charge < -0.3 is 15.4 Å². The number of aromatic nitrogens is 4. The van der Waals surface area contributed by atoms with Crippen LogP contribution < -0.4 is 10.6 Å². The van der Waals surface area contributed by atoms with Gasteiger partial charge in [0.05, 0.1) is 29.4 Å². The third-order valence-corrected chi connectivity index (χ3v) is 6.03. The van der Waals surface area contributed by atoms with Crippen molar-refractivity contribution in [1.29, 1.82) is 0 Å². The van der Waals surface area contributed by atoms with Gasteiger partial charge in [-0.05, 0) is 12.1 Å². The molecule has 1 fully saturated rings. The predicted octanol–water partition coefficient (Wildman–Crippen LogP) is 2.44. The summed E-state index contributed by atoms with van der Waals surface area (Å²) in [4.78, 5) is 17.6. The van der Waals surface area contributed by atoms with E-state index in [9.17, 15) is 21.6 Å². The second-order valence-corrected chi connectivity index (χ2v) is 9.34. The van der Waals surface area contributed by atoms with E-state index < -0.39 is 33.2 Å². The van der Waals surface area contributed by atoms with Gasteiger partial charge in [-0.25, -0.2) is 28.4 Å². The van der Waals surface area contributed by atoms with Crippen LogP contribution >= 0.6 is 0 Å². The third kappa shape index (κ3) is 5.03. The molecular weight excluding hydrogens is 461 g/mol. The van der Waals surface area contributed by atoms with Crippen LogP contribution in [0.1, 0.15) is 5.69 Å². The molecule has 0 bridgehead atoms. The quantitative estimate of drug-likeness (QED) is 0.599. The fraction of sp³-hybridized carbons (Fsp3) is 0.300. The Hall–Kier alpha value is -3.32. The summed E-state index contributed by atoms with van der Waals surface area (Å²) in [6, 6.07) is 7.60. The standard InChI is InChI=1S/C20H19F3N6O3S/c1-33(30,31)13-4-2-3-12(9-13)15-10-16(29-5-7-32-8-6-29)27-18(26-15)14-11-25-19(24)28-17(14)20(21,22)23/h2-4,9-11H,5-8H2,1H3,(H2,24,25,28). The van der Waals surface area contributed by atoms with Gasteiger partial charge >= 0.3 is 6.18 Å². The first-order chi connectivity index (χ1) is 15.5. The Morgan fingerprint density at radius 1 is 1.09 bits per heavy atom. The van der Waals surface area contributed by atoms with Gasteiger partial charge in [0.15, 0.2) is 21.4 Å². The number of nitrogens with zero attached hydrogens (tertiary/aromatic N) is 5. The maximum atomic E-state index is 13.7. The molecule has 33 heavy (non-hydrogen) atoms. The second kappa shape index (κ2) is 8.56. The lowest BCUT2D eigenvalue weighted by Gasteiger charge is -2.28. The Balaban J connectivity index is 1.93. The second-order valence-electron chi connectivity index (χ2n) is 7.32. The number of hydrogen-bond acceptors (Lipinski definition) is 9. The van der Waals surface area contributed by atoms with Gasteiger partial charge in [0.2, 0.25) is 5.95 Å². The summed E-state index contributed by atoms with van der Waals surface area (Å²) in [7, 11) is -3.51. The van der Waals surface area contributed by atoms with Crippen molar-refractivity contribution in [2.24, 2.45) is 0 Å². The van der Waals surface area contributed by atoms with Gasteiger partial charge in [0.25, 0.3) is 0 Å². The van der Waals surface area contributed by atoms with Gasteiger partial charge in [-0.15, -0.1) is 0 Å². The molecule has 1 aliphatic heterocycles. The minimum absolute atomic E-state index is 0.0554. The van der Waals surface area contributed by atoms with Gasteiger partial charge in [0.1, 0.15) is 5.82 Å². The minimum atomic E-state index is -4.82. The van der Waals surface area contributed by atoms with Gasteiger partial charge in [-0.2, -0.15) is 13.2 Å². The molecule has 0 aliphatic carbocycles. The van der Waals surface area contributed by atoms with E-state index in [0.29, 0.717) is 37.7 Å². The highest BCUT2D eigenvalue weighted by atomic mass is 32.2. The molecule has 9 nitrogen and oxygen atoms in total. The number of anilines is 2. The predicted molar refractivity (Wildman–Crippen MR) is 114 cm³/mol. The summed E-state index contributed by atoms with van der Waals surface area (Å²) in [6.07, 6.45) is -2.82. The molecule has 0 unspecified atom stereocenters. The molecule has 0 saturated carbocycles. The molecule has 3 aromatic rings. The Bertz CT molecular complexity index is 1290. The van der Waals surface area contributed by atoms with E-state index in [1.165, 1.54) is 18.2 Å². The molecule has 2 aromatic heterocycles. The maximum absolute atomic E-state index is 13.7. The lowest BCUT2D eigenvalue weighted by Crippen LogP contribution is -2.36. The van der Waals surface area contributed by atoms with Crippen molar-refractivity contribution in [3.8, 4) is 22.6 Å². The number of morpholine rings is 1. The first-order valence-corrected chi connectivity index (χ1v) is 11.6. The van der Waals surface area contributed by atoms with Crippen LogP contribution in [0.4, 0.5) is 24.9 Å². The topological polar surface area (TPSA) is 124 Å². The highest BCUT2D eigenvalue weighted by molar-refractivity contribution is 7.90. The van der Waals surface area contributed by atoms with Crippen LogP contribution in [0.15, 0.2) is 41.4 Å². The molecule has 2 N–H and O–H groups in total. The highest BCUT2D eigenvalue weighted by Crippen LogP contribution is 2.36. The summed E-state index contributed by atoms with van der Waals surface area (Å²) < 4.78 is 70.4. The molecule has 0 spiro atoms. The molecule has 4 rings (SSSR count). The number of ether oxygens (including phenoxy) is 1. The number of halogens is 3. The SMILES string of the molecule is CS(=O)(=O)c1cccc(-c2cc(N3CCOCC3)nc(-c3cnc(N)nc3C(F)(F)F)n2)c1. The normalized spacial score (nSPS) is 15.0. The summed E-state index contributed by atoms with van der Waals surface area (Å²) in [5.74, 6) is -0.421. The van der Waals surface area contributed by atoms with Crippen LogP contribution in [-0.4, -0.2) is 60.9 Å². The number of sulfone groups is 1. The number of alkyl halides is 3. The van der Waals surface area contributed by atoms with Crippen LogP contribution in [0, 0.1) is 0 Å². The zero-order valence-corrected chi connectivity index (χ0v) is 18.2. The van der Waals surface area contributed by atoms with E-state index >= 15 is 0 Å². The van der Waals surface area contributed by atoms with Gasteiger partial charge in [-0.1, -0.05) is 12.1 Å². The van der Waals surface area contributed by atoms with E-state index in [-0.39, 0.29) is 16.4 Å².